The summed E-state index contributed by atoms with van der Waals surface area (Å²) in [5.41, 5.74) is 3.42. The molecule has 0 aliphatic rings. The summed E-state index contributed by atoms with van der Waals surface area (Å²) in [6, 6.07) is 51.7. The van der Waals surface area contributed by atoms with Gasteiger partial charge >= 0.3 is 0 Å². The van der Waals surface area contributed by atoms with Gasteiger partial charge in [-0.25, -0.2) is 4.98 Å². The van der Waals surface area contributed by atoms with Gasteiger partial charge in [-0.2, -0.15) is 0 Å². The van der Waals surface area contributed by atoms with Gasteiger partial charge in [0.05, 0.1) is 12.0 Å². The minimum Gasteiger partial charge on any atom is -0.497 e. The Morgan fingerprint density at radius 2 is 0.974 bits per heavy atom. The molecule has 2 nitrogen and oxygen atoms in total. The SMILES string of the molecule is COc1ccc(-c2nc([P+](c3ccccc3)(c3ccccc3)c3ccccc3)c(-c3ccccc3)s2)cc1. The van der Waals surface area contributed by atoms with Gasteiger partial charge in [-0.1, -0.05) is 84.9 Å². The second-order valence-electron chi connectivity index (χ2n) is 8.94. The molecular formula is C34H27NOPS+. The highest BCUT2D eigenvalue weighted by molar-refractivity contribution is 8.01. The third kappa shape index (κ3) is 4.35. The van der Waals surface area contributed by atoms with Crippen LogP contribution in [0.25, 0.3) is 21.0 Å². The van der Waals surface area contributed by atoms with Crippen LogP contribution in [0.4, 0.5) is 0 Å². The minimum atomic E-state index is -2.35. The van der Waals surface area contributed by atoms with E-state index in [1.54, 1.807) is 18.4 Å². The lowest BCUT2D eigenvalue weighted by molar-refractivity contribution is 0.415. The third-order valence-electron chi connectivity index (χ3n) is 6.73. The third-order valence-corrected chi connectivity index (χ3v) is 12.2. The maximum absolute atomic E-state index is 5.54. The van der Waals surface area contributed by atoms with E-state index in [4.69, 9.17) is 9.72 Å². The van der Waals surface area contributed by atoms with E-state index in [1.165, 1.54) is 26.4 Å². The molecule has 1 aromatic heterocycles. The number of thiazole rings is 1. The summed E-state index contributed by atoms with van der Waals surface area (Å²) in [6.45, 7) is 0. The predicted octanol–water partition coefficient (Wildman–Crippen LogP) is 7.11. The fourth-order valence-electron chi connectivity index (χ4n) is 4.94. The summed E-state index contributed by atoms with van der Waals surface area (Å²) < 4.78 is 5.42. The molecule has 0 saturated carbocycles. The number of methoxy groups -OCH3 is 1. The molecule has 6 rings (SSSR count). The molecule has 5 aromatic carbocycles. The normalized spacial score (nSPS) is 11.3. The summed E-state index contributed by atoms with van der Waals surface area (Å²) in [5.74, 6) is 0.841. The number of aromatic nitrogens is 1. The molecule has 1 heterocycles. The van der Waals surface area contributed by atoms with Crippen molar-refractivity contribution in [1.82, 2.24) is 4.98 Å². The van der Waals surface area contributed by atoms with Crippen molar-refractivity contribution in [3.05, 3.63) is 146 Å². The monoisotopic (exact) mass is 528 g/mol. The molecule has 0 aliphatic heterocycles. The van der Waals surface area contributed by atoms with E-state index in [0.29, 0.717) is 0 Å². The number of nitrogens with zero attached hydrogens (tertiary/aromatic N) is 1. The molecule has 0 spiro atoms. The molecule has 0 fully saturated rings. The van der Waals surface area contributed by atoms with Crippen LogP contribution < -0.4 is 26.1 Å². The Labute approximate surface area is 228 Å². The summed E-state index contributed by atoms with van der Waals surface area (Å²) in [6.07, 6.45) is 0. The first-order chi connectivity index (χ1) is 18.8. The minimum absolute atomic E-state index is 0.841. The van der Waals surface area contributed by atoms with Crippen LogP contribution in [0.2, 0.25) is 0 Å². The summed E-state index contributed by atoms with van der Waals surface area (Å²) in [5, 5.41) is 4.89. The Morgan fingerprint density at radius 3 is 1.42 bits per heavy atom. The predicted molar refractivity (Wildman–Crippen MR) is 164 cm³/mol. The second kappa shape index (κ2) is 10.8. The number of rotatable bonds is 7. The zero-order chi connectivity index (χ0) is 25.8. The van der Waals surface area contributed by atoms with Gasteiger partial charge in [-0.3, -0.25) is 0 Å². The van der Waals surface area contributed by atoms with Gasteiger partial charge in [0.1, 0.15) is 26.7 Å². The van der Waals surface area contributed by atoms with E-state index in [1.807, 2.05) is 12.1 Å². The standard InChI is InChI=1S/C34H27NOPS/c1-36-28-24-22-27(23-25-28)34-35-33(32(38-34)26-14-6-2-7-15-26)37(29-16-8-3-9-17-29,30-18-10-4-11-19-30)31-20-12-5-13-21-31/h2-25H,1H3/q+1. The number of hydrogen-bond acceptors (Lipinski definition) is 3. The Hall–Kier alpha value is -4.04. The molecule has 0 saturated heterocycles. The lowest BCUT2D eigenvalue weighted by Gasteiger charge is -2.26. The van der Waals surface area contributed by atoms with Crippen molar-refractivity contribution in [2.45, 2.75) is 0 Å². The molecule has 38 heavy (non-hydrogen) atoms. The average Bonchev–Trinajstić information content (AvgIpc) is 3.45. The van der Waals surface area contributed by atoms with Crippen LogP contribution in [-0.4, -0.2) is 12.1 Å². The molecule has 0 amide bonds. The van der Waals surface area contributed by atoms with E-state index in [0.717, 1.165) is 21.8 Å². The number of hydrogen-bond donors (Lipinski definition) is 0. The highest BCUT2D eigenvalue weighted by Gasteiger charge is 2.52. The van der Waals surface area contributed by atoms with Crippen molar-refractivity contribution >= 4 is 39.9 Å². The van der Waals surface area contributed by atoms with Gasteiger partial charge in [0.2, 0.25) is 5.44 Å². The smallest absolute Gasteiger partial charge is 0.217 e. The molecule has 184 valence electrons. The van der Waals surface area contributed by atoms with Crippen molar-refractivity contribution in [2.75, 3.05) is 7.11 Å². The first kappa shape index (κ1) is 24.3. The fourth-order valence-corrected chi connectivity index (χ4v) is 10.7. The lowest BCUT2D eigenvalue weighted by atomic mass is 10.2. The summed E-state index contributed by atoms with van der Waals surface area (Å²) in [4.78, 5) is 6.75. The van der Waals surface area contributed by atoms with E-state index in [-0.39, 0.29) is 0 Å². The van der Waals surface area contributed by atoms with Gasteiger partial charge in [-0.05, 0) is 66.2 Å². The Morgan fingerprint density at radius 1 is 0.526 bits per heavy atom. The van der Waals surface area contributed by atoms with Crippen LogP contribution in [0.1, 0.15) is 0 Å². The zero-order valence-electron chi connectivity index (χ0n) is 21.1. The van der Waals surface area contributed by atoms with Crippen molar-refractivity contribution < 1.29 is 4.74 Å². The molecule has 0 N–H and O–H groups in total. The zero-order valence-corrected chi connectivity index (χ0v) is 22.8. The van der Waals surface area contributed by atoms with Crippen molar-refractivity contribution in [2.24, 2.45) is 0 Å². The molecular weight excluding hydrogens is 501 g/mol. The Balaban J connectivity index is 1.73. The van der Waals surface area contributed by atoms with Crippen molar-refractivity contribution in [3.63, 3.8) is 0 Å². The van der Waals surface area contributed by atoms with E-state index in [2.05, 4.69) is 133 Å². The number of ether oxygens (including phenoxy) is 1. The average molecular weight is 529 g/mol. The summed E-state index contributed by atoms with van der Waals surface area (Å²) >= 11 is 1.77. The lowest BCUT2D eigenvalue weighted by Crippen LogP contribution is -2.39. The van der Waals surface area contributed by atoms with Crippen molar-refractivity contribution in [3.8, 4) is 26.8 Å². The van der Waals surface area contributed by atoms with Crippen LogP contribution in [0.5, 0.6) is 5.75 Å². The van der Waals surface area contributed by atoms with Gasteiger partial charge < -0.3 is 4.74 Å². The van der Waals surface area contributed by atoms with Crippen molar-refractivity contribution in [1.29, 1.82) is 0 Å². The highest BCUT2D eigenvalue weighted by Crippen LogP contribution is 2.57. The molecule has 0 atom stereocenters. The van der Waals surface area contributed by atoms with Crippen LogP contribution in [0, 0.1) is 0 Å². The molecule has 6 aromatic rings. The Bertz CT molecular complexity index is 1520. The maximum Gasteiger partial charge on any atom is 0.217 e. The van der Waals surface area contributed by atoms with Gasteiger partial charge in [0, 0.05) is 5.56 Å². The van der Waals surface area contributed by atoms with Crippen LogP contribution >= 0.6 is 18.6 Å². The summed E-state index contributed by atoms with van der Waals surface area (Å²) in [7, 11) is -0.652. The molecule has 0 bridgehead atoms. The first-order valence-corrected chi connectivity index (χ1v) is 15.2. The first-order valence-electron chi connectivity index (χ1n) is 12.6. The molecule has 4 heteroatoms. The van der Waals surface area contributed by atoms with Crippen LogP contribution in [0.3, 0.4) is 0 Å². The highest BCUT2D eigenvalue weighted by atomic mass is 32.1. The van der Waals surface area contributed by atoms with Gasteiger partial charge in [-0.15, -0.1) is 11.3 Å². The quantitative estimate of drug-likeness (QED) is 0.206. The maximum atomic E-state index is 5.54. The molecule has 0 unspecified atom stereocenters. The fraction of sp³-hybridized carbons (Fsp3) is 0.0294. The largest absolute Gasteiger partial charge is 0.497 e. The van der Waals surface area contributed by atoms with E-state index < -0.39 is 7.26 Å². The topological polar surface area (TPSA) is 22.1 Å². The van der Waals surface area contributed by atoms with Gasteiger partial charge in [0.15, 0.2) is 7.26 Å². The Kier molecular flexibility index (Phi) is 6.88. The van der Waals surface area contributed by atoms with Crippen LogP contribution in [0.15, 0.2) is 146 Å². The number of benzene rings is 5. The second-order valence-corrected chi connectivity index (χ2v) is 13.3. The van der Waals surface area contributed by atoms with Gasteiger partial charge in [0.25, 0.3) is 0 Å². The molecule has 0 radical (unpaired) electrons. The molecule has 0 aliphatic carbocycles. The van der Waals surface area contributed by atoms with E-state index in [9.17, 15) is 0 Å². The van der Waals surface area contributed by atoms with E-state index >= 15 is 0 Å². The van der Waals surface area contributed by atoms with Crippen LogP contribution in [-0.2, 0) is 0 Å².